The fraction of sp³-hybridized carbons (Fsp3) is 0.625. The van der Waals surface area contributed by atoms with Gasteiger partial charge in [0.15, 0.2) is 0 Å². The van der Waals surface area contributed by atoms with E-state index in [-0.39, 0.29) is 0 Å². The summed E-state index contributed by atoms with van der Waals surface area (Å²) in [5.74, 6) is 1.12. The largest absolute Gasteiger partial charge is 0.367 e. The number of hydrogen-bond donors (Lipinski definition) is 1. The number of anilines is 1. The van der Waals surface area contributed by atoms with Crippen LogP contribution in [-0.2, 0) is 0 Å². The normalized spacial score (nSPS) is 19.3. The van der Waals surface area contributed by atoms with Crippen LogP contribution in [0.2, 0.25) is 0 Å². The molecule has 11 heavy (non-hydrogen) atoms. The third-order valence-electron chi connectivity index (χ3n) is 2.42. The highest BCUT2D eigenvalue weighted by atomic mass is 16.5. The summed E-state index contributed by atoms with van der Waals surface area (Å²) in [6.07, 6.45) is 6.87. The van der Waals surface area contributed by atoms with Crippen LogP contribution in [0.15, 0.2) is 10.7 Å². The lowest BCUT2D eigenvalue weighted by Crippen LogP contribution is -1.94. The lowest BCUT2D eigenvalue weighted by molar-refractivity contribution is 0.435. The molecule has 0 atom stereocenters. The quantitative estimate of drug-likeness (QED) is 0.668. The highest BCUT2D eigenvalue weighted by molar-refractivity contribution is 5.36. The summed E-state index contributed by atoms with van der Waals surface area (Å²) in [5.41, 5.74) is 6.70. The summed E-state index contributed by atoms with van der Waals surface area (Å²) in [6.45, 7) is 0. The Kier molecular flexibility index (Phi) is 1.56. The maximum atomic E-state index is 5.59. The first kappa shape index (κ1) is 6.70. The van der Waals surface area contributed by atoms with Gasteiger partial charge in [-0.2, -0.15) is 0 Å². The molecule has 2 N–H and O–H groups in total. The van der Waals surface area contributed by atoms with Crippen molar-refractivity contribution in [3.8, 4) is 0 Å². The summed E-state index contributed by atoms with van der Waals surface area (Å²) >= 11 is 0. The fourth-order valence-electron chi connectivity index (χ4n) is 1.80. The molecule has 0 saturated heterocycles. The van der Waals surface area contributed by atoms with Gasteiger partial charge in [-0.3, -0.25) is 0 Å². The minimum Gasteiger partial charge on any atom is -0.367 e. The molecule has 1 aliphatic rings. The van der Waals surface area contributed by atoms with E-state index in [0.29, 0.717) is 11.8 Å². The van der Waals surface area contributed by atoms with Crippen LogP contribution in [0.1, 0.15) is 37.2 Å². The maximum Gasteiger partial charge on any atom is 0.225 e. The van der Waals surface area contributed by atoms with Gasteiger partial charge >= 0.3 is 0 Å². The van der Waals surface area contributed by atoms with E-state index >= 15 is 0 Å². The van der Waals surface area contributed by atoms with E-state index in [9.17, 15) is 0 Å². The molecule has 1 fully saturated rings. The Morgan fingerprint density at radius 2 is 2.18 bits per heavy atom. The van der Waals surface area contributed by atoms with Crippen molar-refractivity contribution in [3.63, 3.8) is 0 Å². The molecule has 0 amide bonds. The predicted molar refractivity (Wildman–Crippen MR) is 42.1 cm³/mol. The van der Waals surface area contributed by atoms with E-state index in [1.165, 1.54) is 25.7 Å². The molecule has 0 radical (unpaired) electrons. The van der Waals surface area contributed by atoms with Gasteiger partial charge in [0, 0.05) is 5.56 Å². The summed E-state index contributed by atoms with van der Waals surface area (Å²) < 4.78 is 4.80. The minimum absolute atomic E-state index is 0.511. The topological polar surface area (TPSA) is 52.0 Å². The average molecular weight is 152 g/mol. The van der Waals surface area contributed by atoms with E-state index in [0.717, 1.165) is 5.56 Å². The highest BCUT2D eigenvalue weighted by Gasteiger charge is 2.21. The Hall–Kier alpha value is -0.990. The number of rotatable bonds is 1. The van der Waals surface area contributed by atoms with Crippen LogP contribution in [-0.4, -0.2) is 5.16 Å². The molecule has 1 aromatic rings. The van der Waals surface area contributed by atoms with Crippen LogP contribution >= 0.6 is 0 Å². The summed E-state index contributed by atoms with van der Waals surface area (Å²) in [4.78, 5) is 0. The van der Waals surface area contributed by atoms with Gasteiger partial charge in [0.2, 0.25) is 5.88 Å². The van der Waals surface area contributed by atoms with Crippen molar-refractivity contribution < 1.29 is 4.52 Å². The molecule has 0 spiro atoms. The molecule has 1 aliphatic carbocycles. The van der Waals surface area contributed by atoms with Gasteiger partial charge in [0.05, 0.1) is 6.20 Å². The van der Waals surface area contributed by atoms with E-state index < -0.39 is 0 Å². The van der Waals surface area contributed by atoms with Gasteiger partial charge < -0.3 is 10.3 Å². The average Bonchev–Trinajstić information content (AvgIpc) is 2.55. The summed E-state index contributed by atoms with van der Waals surface area (Å²) in [5, 5.41) is 3.67. The monoisotopic (exact) mass is 152 g/mol. The molecule has 0 unspecified atom stereocenters. The number of nitrogens with zero attached hydrogens (tertiary/aromatic N) is 1. The molecule has 3 heteroatoms. The van der Waals surface area contributed by atoms with Gasteiger partial charge in [-0.1, -0.05) is 18.0 Å². The zero-order valence-electron chi connectivity index (χ0n) is 6.42. The Morgan fingerprint density at radius 3 is 2.73 bits per heavy atom. The molecule has 0 aromatic carbocycles. The number of aromatic nitrogens is 1. The Bertz CT molecular complexity index is 238. The van der Waals surface area contributed by atoms with Crippen LogP contribution in [0.25, 0.3) is 0 Å². The molecule has 60 valence electrons. The van der Waals surface area contributed by atoms with Crippen molar-refractivity contribution in [2.75, 3.05) is 5.73 Å². The first-order valence-electron chi connectivity index (χ1n) is 4.08. The second-order valence-electron chi connectivity index (χ2n) is 3.13. The van der Waals surface area contributed by atoms with E-state index in [2.05, 4.69) is 5.16 Å². The highest BCUT2D eigenvalue weighted by Crippen LogP contribution is 2.36. The second kappa shape index (κ2) is 2.57. The molecule has 0 bridgehead atoms. The Labute approximate surface area is 65.6 Å². The van der Waals surface area contributed by atoms with E-state index in [4.69, 9.17) is 10.3 Å². The summed E-state index contributed by atoms with van der Waals surface area (Å²) in [6, 6.07) is 0. The smallest absolute Gasteiger partial charge is 0.225 e. The fourth-order valence-corrected chi connectivity index (χ4v) is 1.80. The third kappa shape index (κ3) is 1.11. The lowest BCUT2D eigenvalue weighted by atomic mass is 10.0. The lowest BCUT2D eigenvalue weighted by Gasteiger charge is -2.03. The first-order valence-corrected chi connectivity index (χ1v) is 4.08. The van der Waals surface area contributed by atoms with Crippen molar-refractivity contribution in [3.05, 3.63) is 11.8 Å². The van der Waals surface area contributed by atoms with Crippen LogP contribution in [0.4, 0.5) is 5.88 Å². The van der Waals surface area contributed by atoms with Crippen molar-refractivity contribution in [1.29, 1.82) is 0 Å². The predicted octanol–water partition coefficient (Wildman–Crippen LogP) is 1.91. The zero-order chi connectivity index (χ0) is 7.68. The maximum absolute atomic E-state index is 5.59. The van der Waals surface area contributed by atoms with Crippen LogP contribution < -0.4 is 5.73 Å². The van der Waals surface area contributed by atoms with Crippen molar-refractivity contribution in [1.82, 2.24) is 5.16 Å². The van der Waals surface area contributed by atoms with Crippen molar-refractivity contribution >= 4 is 5.88 Å². The van der Waals surface area contributed by atoms with Crippen LogP contribution in [0.5, 0.6) is 0 Å². The second-order valence-corrected chi connectivity index (χ2v) is 3.13. The molecular formula is C8H12N2O. The molecular weight excluding hydrogens is 140 g/mol. The van der Waals surface area contributed by atoms with Crippen molar-refractivity contribution in [2.24, 2.45) is 0 Å². The number of hydrogen-bond acceptors (Lipinski definition) is 3. The SMILES string of the molecule is Nc1oncc1C1CCCC1. The zero-order valence-corrected chi connectivity index (χ0v) is 6.42. The van der Waals surface area contributed by atoms with Gasteiger partial charge in [-0.05, 0) is 18.8 Å². The first-order chi connectivity index (χ1) is 5.38. The van der Waals surface area contributed by atoms with Crippen LogP contribution in [0.3, 0.4) is 0 Å². The van der Waals surface area contributed by atoms with E-state index in [1.807, 2.05) is 0 Å². The number of nitrogens with two attached hydrogens (primary N) is 1. The standard InChI is InChI=1S/C8H12N2O/c9-8-7(5-10-11-8)6-3-1-2-4-6/h5-6H,1-4,9H2. The molecule has 1 saturated carbocycles. The molecule has 1 aromatic heterocycles. The number of nitrogen functional groups attached to an aromatic ring is 1. The van der Waals surface area contributed by atoms with Gasteiger partial charge in [-0.25, -0.2) is 0 Å². The van der Waals surface area contributed by atoms with E-state index in [1.54, 1.807) is 6.20 Å². The summed E-state index contributed by atoms with van der Waals surface area (Å²) in [7, 11) is 0. The Morgan fingerprint density at radius 1 is 1.45 bits per heavy atom. The van der Waals surface area contributed by atoms with Gasteiger partial charge in [-0.15, -0.1) is 0 Å². The Balaban J connectivity index is 2.21. The van der Waals surface area contributed by atoms with Gasteiger partial charge in [0.25, 0.3) is 0 Å². The minimum atomic E-state index is 0.511. The van der Waals surface area contributed by atoms with Crippen LogP contribution in [0, 0.1) is 0 Å². The molecule has 1 heterocycles. The molecule has 0 aliphatic heterocycles. The third-order valence-corrected chi connectivity index (χ3v) is 2.42. The molecule has 2 rings (SSSR count). The van der Waals surface area contributed by atoms with Gasteiger partial charge in [0.1, 0.15) is 0 Å². The molecule has 3 nitrogen and oxygen atoms in total. The van der Waals surface area contributed by atoms with Crippen molar-refractivity contribution in [2.45, 2.75) is 31.6 Å².